The van der Waals surface area contributed by atoms with E-state index in [4.69, 9.17) is 23.4 Å². The summed E-state index contributed by atoms with van der Waals surface area (Å²) in [5.41, 5.74) is 1.78. The fraction of sp³-hybridized carbons (Fsp3) is 0.455. The van der Waals surface area contributed by atoms with Crippen LogP contribution < -0.4 is 19.5 Å². The van der Waals surface area contributed by atoms with E-state index in [9.17, 15) is 24.9 Å². The van der Waals surface area contributed by atoms with Crippen molar-refractivity contribution in [1.82, 2.24) is 10.2 Å². The maximum Gasteiger partial charge on any atom is 0.290 e. The summed E-state index contributed by atoms with van der Waals surface area (Å²) in [4.78, 5) is 29.3. The number of para-hydroxylation sites is 1. The molecule has 0 fully saturated rings. The number of nitrogens with one attached hydrogen (secondary N) is 1. The highest BCUT2D eigenvalue weighted by Gasteiger charge is 2.51. The first-order chi connectivity index (χ1) is 21.7. The van der Waals surface area contributed by atoms with Crippen molar-refractivity contribution in [2.24, 2.45) is 0 Å². The SMILES string of the molecule is COc1cc(CO)cc2c1O[C@@H]1[C@@H](O)[C@H](N(CCCOC(C)C)C(=O)c3cc4cccc(OC)c4o3)C=C(C(=O)NCCO)[C@H]21. The Morgan fingerprint density at radius 3 is 2.56 bits per heavy atom. The number of ether oxygens (including phenoxy) is 4. The second-order valence-corrected chi connectivity index (χ2v) is 11.3. The molecule has 4 atom stereocenters. The Bertz CT molecular complexity index is 1560. The predicted octanol–water partition coefficient (Wildman–Crippen LogP) is 2.52. The molecule has 0 unspecified atom stereocenters. The Morgan fingerprint density at radius 2 is 1.87 bits per heavy atom. The van der Waals surface area contributed by atoms with Crippen LogP contribution in [0.25, 0.3) is 11.0 Å². The van der Waals surface area contributed by atoms with Crippen molar-refractivity contribution < 1.29 is 48.3 Å². The van der Waals surface area contributed by atoms with E-state index in [0.717, 1.165) is 0 Å². The molecule has 0 saturated heterocycles. The summed E-state index contributed by atoms with van der Waals surface area (Å²) >= 11 is 0. The Labute approximate surface area is 261 Å². The molecule has 3 aromatic rings. The van der Waals surface area contributed by atoms with E-state index < -0.39 is 36.0 Å². The summed E-state index contributed by atoms with van der Waals surface area (Å²) in [5.74, 6) is -0.509. The lowest BCUT2D eigenvalue weighted by Gasteiger charge is -2.40. The third-order valence-electron chi connectivity index (χ3n) is 8.05. The molecule has 4 N–H and O–H groups in total. The summed E-state index contributed by atoms with van der Waals surface area (Å²) < 4.78 is 29.0. The fourth-order valence-electron chi connectivity index (χ4n) is 6.00. The van der Waals surface area contributed by atoms with Crippen LogP contribution in [-0.2, 0) is 16.1 Å². The van der Waals surface area contributed by atoms with Crippen LogP contribution in [0.5, 0.6) is 17.2 Å². The van der Waals surface area contributed by atoms with Gasteiger partial charge in [0.25, 0.3) is 5.91 Å². The number of carbonyl (C=O) groups is 2. The number of methoxy groups -OCH3 is 2. The Morgan fingerprint density at radius 1 is 1.09 bits per heavy atom. The molecular formula is C33H40N2O10. The van der Waals surface area contributed by atoms with E-state index in [1.54, 1.807) is 42.5 Å². The van der Waals surface area contributed by atoms with Crippen LogP contribution in [0, 0.1) is 0 Å². The number of hydrogen-bond acceptors (Lipinski definition) is 10. The lowest BCUT2D eigenvalue weighted by atomic mass is 9.77. The van der Waals surface area contributed by atoms with Crippen molar-refractivity contribution in [1.29, 1.82) is 0 Å². The molecule has 45 heavy (non-hydrogen) atoms. The van der Waals surface area contributed by atoms with E-state index in [2.05, 4.69) is 5.32 Å². The summed E-state index contributed by atoms with van der Waals surface area (Å²) in [5, 5.41) is 34.6. The van der Waals surface area contributed by atoms with E-state index in [1.165, 1.54) is 19.1 Å². The Balaban J connectivity index is 1.58. The molecule has 1 aliphatic carbocycles. The smallest absolute Gasteiger partial charge is 0.290 e. The molecule has 0 spiro atoms. The van der Waals surface area contributed by atoms with Gasteiger partial charge in [0, 0.05) is 36.2 Å². The summed E-state index contributed by atoms with van der Waals surface area (Å²) in [6.07, 6.45) is -0.221. The van der Waals surface area contributed by atoms with Gasteiger partial charge in [0.2, 0.25) is 5.91 Å². The lowest BCUT2D eigenvalue weighted by molar-refractivity contribution is -0.118. The second-order valence-electron chi connectivity index (χ2n) is 11.3. The molecule has 1 aromatic heterocycles. The molecule has 12 nitrogen and oxygen atoms in total. The first-order valence-corrected chi connectivity index (χ1v) is 15.0. The highest BCUT2D eigenvalue weighted by Crippen LogP contribution is 2.51. The standard InChI is InChI=1S/C33H40N2O10/c1-18(2)43-12-6-10-35(33(40)26-15-20-7-5-8-24(41-3)29(20)44-26)23-16-22(32(39)34-9-11-36)27-21-13-19(17-37)14-25(42-4)30(21)45-31(27)28(23)38/h5,7-8,13-16,18,23,27-28,31,36-38H,6,9-12,17H2,1-4H3,(H,34,39)/t23-,27+,28+,31+/m1/s1. The van der Waals surface area contributed by atoms with E-state index in [1.807, 2.05) is 13.8 Å². The van der Waals surface area contributed by atoms with Gasteiger partial charge in [0.05, 0.1) is 45.5 Å². The van der Waals surface area contributed by atoms with Crippen LogP contribution in [0.3, 0.4) is 0 Å². The molecule has 2 amide bonds. The van der Waals surface area contributed by atoms with Gasteiger partial charge in [-0.15, -0.1) is 0 Å². The van der Waals surface area contributed by atoms with Crippen LogP contribution in [0.15, 0.2) is 52.5 Å². The number of fused-ring (bicyclic) bond motifs is 4. The zero-order valence-electron chi connectivity index (χ0n) is 25.8. The molecular weight excluding hydrogens is 584 g/mol. The number of aliphatic hydroxyl groups is 3. The van der Waals surface area contributed by atoms with Crippen LogP contribution in [0.1, 0.15) is 47.9 Å². The summed E-state index contributed by atoms with van der Waals surface area (Å²) in [6, 6.07) is 9.31. The van der Waals surface area contributed by atoms with Crippen LogP contribution in [0.4, 0.5) is 0 Å². The topological polar surface area (TPSA) is 160 Å². The van der Waals surface area contributed by atoms with Gasteiger partial charge in [-0.2, -0.15) is 0 Å². The second kappa shape index (κ2) is 13.9. The number of rotatable bonds is 13. The van der Waals surface area contributed by atoms with Crippen LogP contribution in [-0.4, -0.2) is 96.9 Å². The molecule has 12 heteroatoms. The Kier molecular flexibility index (Phi) is 9.98. The van der Waals surface area contributed by atoms with Gasteiger partial charge in [-0.3, -0.25) is 9.59 Å². The van der Waals surface area contributed by atoms with Crippen molar-refractivity contribution in [3.8, 4) is 17.2 Å². The monoisotopic (exact) mass is 624 g/mol. The first kappa shape index (κ1) is 32.3. The Hall–Kier alpha value is -4.10. The summed E-state index contributed by atoms with van der Waals surface area (Å²) in [7, 11) is 2.98. The molecule has 2 heterocycles. The minimum Gasteiger partial charge on any atom is -0.493 e. The highest BCUT2D eigenvalue weighted by molar-refractivity contribution is 5.99. The van der Waals surface area contributed by atoms with Crippen molar-refractivity contribution in [3.05, 3.63) is 64.9 Å². The number of furan rings is 1. The van der Waals surface area contributed by atoms with Crippen LogP contribution in [0.2, 0.25) is 0 Å². The van der Waals surface area contributed by atoms with Crippen molar-refractivity contribution in [3.63, 3.8) is 0 Å². The van der Waals surface area contributed by atoms with E-state index in [-0.39, 0.29) is 43.7 Å². The fourth-order valence-corrected chi connectivity index (χ4v) is 6.00. The van der Waals surface area contributed by atoms with Crippen LogP contribution >= 0.6 is 0 Å². The van der Waals surface area contributed by atoms with Gasteiger partial charge < -0.3 is 48.9 Å². The summed E-state index contributed by atoms with van der Waals surface area (Å²) in [6.45, 7) is 3.83. The molecule has 0 saturated carbocycles. The quantitative estimate of drug-likeness (QED) is 0.208. The van der Waals surface area contributed by atoms with E-state index >= 15 is 0 Å². The third kappa shape index (κ3) is 6.36. The van der Waals surface area contributed by atoms with E-state index in [0.29, 0.717) is 52.4 Å². The number of nitrogens with zero attached hydrogens (tertiary/aromatic N) is 1. The van der Waals surface area contributed by atoms with Gasteiger partial charge in [-0.05, 0) is 56.2 Å². The highest BCUT2D eigenvalue weighted by atomic mass is 16.5. The average molecular weight is 625 g/mol. The predicted molar refractivity (Wildman–Crippen MR) is 164 cm³/mol. The molecule has 2 aromatic carbocycles. The zero-order valence-corrected chi connectivity index (χ0v) is 25.8. The minimum atomic E-state index is -1.27. The maximum absolute atomic E-state index is 14.2. The molecule has 1 aliphatic heterocycles. The van der Waals surface area contributed by atoms with Crippen molar-refractivity contribution in [2.75, 3.05) is 40.5 Å². The van der Waals surface area contributed by atoms with Crippen molar-refractivity contribution in [2.45, 2.75) is 57.1 Å². The van der Waals surface area contributed by atoms with Gasteiger partial charge in [-0.1, -0.05) is 12.1 Å². The molecule has 0 radical (unpaired) electrons. The molecule has 0 bridgehead atoms. The maximum atomic E-state index is 14.2. The number of aliphatic hydroxyl groups excluding tert-OH is 3. The largest absolute Gasteiger partial charge is 0.493 e. The lowest BCUT2D eigenvalue weighted by Crippen LogP contribution is -2.56. The van der Waals surface area contributed by atoms with Gasteiger partial charge in [-0.25, -0.2) is 0 Å². The third-order valence-corrected chi connectivity index (χ3v) is 8.05. The normalized spacial score (nSPS) is 20.3. The van der Waals surface area contributed by atoms with Crippen molar-refractivity contribution >= 4 is 22.8 Å². The molecule has 2 aliphatic rings. The number of benzene rings is 2. The molecule has 5 rings (SSSR count). The van der Waals surface area contributed by atoms with Gasteiger partial charge in [0.1, 0.15) is 12.2 Å². The number of hydrogen-bond donors (Lipinski definition) is 4. The number of amides is 2. The number of carbonyl (C=O) groups excluding carboxylic acids is 2. The molecule has 242 valence electrons. The first-order valence-electron chi connectivity index (χ1n) is 15.0. The minimum absolute atomic E-state index is 0.00446. The van der Waals surface area contributed by atoms with Gasteiger partial charge in [0.15, 0.2) is 28.6 Å². The average Bonchev–Trinajstić information content (AvgIpc) is 3.66. The zero-order chi connectivity index (χ0) is 32.2. The van der Waals surface area contributed by atoms with Gasteiger partial charge >= 0.3 is 0 Å².